The molecule has 2 aliphatic rings. The number of dihydropyridines is 1. The average Bonchev–Trinajstić information content (AvgIpc) is 2.82. The first-order chi connectivity index (χ1) is 16.9. The highest BCUT2D eigenvalue weighted by Gasteiger charge is 2.36. The van der Waals surface area contributed by atoms with Gasteiger partial charge >= 0.3 is 7.48 Å². The van der Waals surface area contributed by atoms with E-state index in [0.717, 1.165) is 18.4 Å². The van der Waals surface area contributed by atoms with Crippen molar-refractivity contribution in [2.75, 3.05) is 13.1 Å². The Bertz CT molecular complexity index is 999. The molecule has 1 aromatic carbocycles. The second-order valence-electron chi connectivity index (χ2n) is 10.2. The van der Waals surface area contributed by atoms with Crippen LogP contribution >= 0.6 is 24.2 Å². The highest BCUT2D eigenvalue weighted by Crippen LogP contribution is 2.32. The van der Waals surface area contributed by atoms with Crippen molar-refractivity contribution < 1.29 is 19.0 Å². The van der Waals surface area contributed by atoms with Crippen LogP contribution in [0.25, 0.3) is 0 Å². The third-order valence-electron chi connectivity index (χ3n) is 6.82. The fourth-order valence-corrected chi connectivity index (χ4v) is 3.80. The molecule has 7 nitrogen and oxygen atoms in total. The summed E-state index contributed by atoms with van der Waals surface area (Å²) in [5, 5.41) is 6.75. The smallest absolute Gasteiger partial charge is 0.336 e. The zero-order valence-corrected chi connectivity index (χ0v) is 23.3. The Kier molecular flexibility index (Phi) is 9.47. The van der Waals surface area contributed by atoms with Crippen molar-refractivity contribution in [2.24, 2.45) is 0 Å². The van der Waals surface area contributed by atoms with E-state index in [2.05, 4.69) is 23.3 Å². The predicted molar refractivity (Wildman–Crippen MR) is 147 cm³/mol. The second-order valence-corrected chi connectivity index (χ2v) is 11.8. The van der Waals surface area contributed by atoms with Crippen LogP contribution in [0.15, 0.2) is 47.8 Å². The number of halogens is 1. The van der Waals surface area contributed by atoms with E-state index < -0.39 is 11.6 Å². The molecule has 2 aliphatic heterocycles. The van der Waals surface area contributed by atoms with Crippen molar-refractivity contribution in [2.45, 2.75) is 76.5 Å². The molecule has 0 aromatic heterocycles. The molecular formula is C26H36BClN3O4S. The zero-order chi connectivity index (χ0) is 26.5. The number of carbonyl (C=O) groups is 2. The van der Waals surface area contributed by atoms with E-state index >= 15 is 0 Å². The fraction of sp³-hybridized carbons (Fsp3) is 0.538. The highest BCUT2D eigenvalue weighted by molar-refractivity contribution is 7.81. The average molecular weight is 533 g/mol. The molecule has 1 radical (unpaired) electrons. The number of rotatable bonds is 9. The summed E-state index contributed by atoms with van der Waals surface area (Å²) in [6.07, 6.45) is 4.91. The molecule has 10 heteroatoms. The molecule has 0 saturated carbocycles. The normalized spacial score (nSPS) is 19.1. The summed E-state index contributed by atoms with van der Waals surface area (Å²) in [5.74, 6) is 0.478. The lowest BCUT2D eigenvalue weighted by Crippen LogP contribution is -2.46. The van der Waals surface area contributed by atoms with Crippen LogP contribution in [0.2, 0.25) is 5.02 Å². The molecule has 3 rings (SSSR count). The third-order valence-corrected chi connectivity index (χ3v) is 7.61. The Morgan fingerprint density at radius 2 is 1.83 bits per heavy atom. The number of nitrogens with zero attached hydrogens (tertiary/aromatic N) is 1. The van der Waals surface area contributed by atoms with Gasteiger partial charge in [-0.25, -0.2) is 0 Å². The minimum absolute atomic E-state index is 0.0612. The lowest BCUT2D eigenvalue weighted by Gasteiger charge is -2.39. The molecule has 1 fully saturated rings. The molecule has 2 N–H and O–H groups in total. The van der Waals surface area contributed by atoms with Crippen LogP contribution in [-0.4, -0.2) is 59.8 Å². The lowest BCUT2D eigenvalue weighted by atomic mass is 9.81. The van der Waals surface area contributed by atoms with E-state index in [4.69, 9.17) is 21.0 Å². The predicted octanol–water partition coefficient (Wildman–Crippen LogP) is 3.80. The number of ether oxygens (including phenoxy) is 1. The van der Waals surface area contributed by atoms with Gasteiger partial charge in [-0.3, -0.25) is 9.59 Å². The van der Waals surface area contributed by atoms with Gasteiger partial charge in [0.25, 0.3) is 0 Å². The highest BCUT2D eigenvalue weighted by atomic mass is 35.5. The third kappa shape index (κ3) is 7.70. The lowest BCUT2D eigenvalue weighted by molar-refractivity contribution is -0.131. The Morgan fingerprint density at radius 1 is 1.19 bits per heavy atom. The monoisotopic (exact) mass is 532 g/mol. The summed E-state index contributed by atoms with van der Waals surface area (Å²) in [5.41, 5.74) is 1.11. The molecule has 1 unspecified atom stereocenters. The van der Waals surface area contributed by atoms with Crippen LogP contribution < -0.4 is 10.6 Å². The molecule has 0 bridgehead atoms. The first kappa shape index (κ1) is 28.5. The van der Waals surface area contributed by atoms with E-state index in [9.17, 15) is 9.59 Å². The molecule has 36 heavy (non-hydrogen) atoms. The second kappa shape index (κ2) is 12.0. The zero-order valence-electron chi connectivity index (χ0n) is 21.6. The van der Waals surface area contributed by atoms with Crippen molar-refractivity contribution in [3.63, 3.8) is 0 Å². The maximum absolute atomic E-state index is 12.9. The van der Waals surface area contributed by atoms with Gasteiger partial charge in [0, 0.05) is 54.6 Å². The summed E-state index contributed by atoms with van der Waals surface area (Å²) in [6, 6.07) is 6.75. The van der Waals surface area contributed by atoms with Crippen molar-refractivity contribution >= 4 is 43.5 Å². The summed E-state index contributed by atoms with van der Waals surface area (Å²) < 4.78 is 12.1. The van der Waals surface area contributed by atoms with Crippen LogP contribution in [-0.2, 0) is 25.5 Å². The first-order valence-corrected chi connectivity index (χ1v) is 13.0. The van der Waals surface area contributed by atoms with E-state index in [1.165, 1.54) is 0 Å². The van der Waals surface area contributed by atoms with Crippen molar-refractivity contribution in [1.29, 1.82) is 0 Å². The van der Waals surface area contributed by atoms with Gasteiger partial charge in [0.1, 0.15) is 17.9 Å². The summed E-state index contributed by atoms with van der Waals surface area (Å²) in [7, 11) is 1.66. The summed E-state index contributed by atoms with van der Waals surface area (Å²) >= 11 is 10.6. The number of thiol groups is 1. The maximum Gasteiger partial charge on any atom is 0.336 e. The number of amides is 2. The summed E-state index contributed by atoms with van der Waals surface area (Å²) in [6.45, 7) is 11.2. The number of hydrogen-bond acceptors (Lipinski definition) is 6. The van der Waals surface area contributed by atoms with Gasteiger partial charge in [-0.15, -0.1) is 0 Å². The van der Waals surface area contributed by atoms with E-state index in [-0.39, 0.29) is 22.7 Å². The number of nitrogens with one attached hydrogen (secondary N) is 2. The van der Waals surface area contributed by atoms with Crippen LogP contribution in [0, 0.1) is 0 Å². The molecule has 1 saturated heterocycles. The maximum atomic E-state index is 12.9. The number of likely N-dealkylation sites (tertiary alicyclic amines) is 1. The Morgan fingerprint density at radius 3 is 2.42 bits per heavy atom. The SMILES string of the molecule is CC(=O)N1CCC(OC2=CC(C(=O)NCc3ccc(Cl)cc3)NC=C2[B]OC(C)(C)C(C)(C)S)CC1. The topological polar surface area (TPSA) is 79.9 Å². The number of allylic oxidation sites excluding steroid dienone is 1. The largest absolute Gasteiger partial charge is 0.491 e. The van der Waals surface area contributed by atoms with Crippen molar-refractivity contribution in [1.82, 2.24) is 15.5 Å². The van der Waals surface area contributed by atoms with Crippen LogP contribution in [0.1, 0.15) is 53.0 Å². The Labute approximate surface area is 225 Å². The molecule has 1 atom stereocenters. The van der Waals surface area contributed by atoms with Gasteiger partial charge < -0.3 is 24.9 Å². The standard InChI is InChI=1S/C26H36BClN3O4S/c1-17(32)31-12-10-20(11-13-31)34-23-14-22(24(33)30-15-18-6-8-19(28)9-7-18)29-16-21(23)27-35-25(2,3)26(4,5)36/h6-9,14,16,20,22,29,36H,10-13,15H2,1-5H3,(H,30,33). The van der Waals surface area contributed by atoms with Gasteiger partial charge in [0.2, 0.25) is 11.8 Å². The molecule has 195 valence electrons. The molecule has 2 amide bonds. The van der Waals surface area contributed by atoms with Crippen LogP contribution in [0.5, 0.6) is 0 Å². The van der Waals surface area contributed by atoms with Crippen molar-refractivity contribution in [3.05, 3.63) is 58.4 Å². The van der Waals surface area contributed by atoms with E-state index in [0.29, 0.717) is 35.9 Å². The molecular weight excluding hydrogens is 497 g/mol. The Hall–Kier alpha value is -2.10. The van der Waals surface area contributed by atoms with Gasteiger partial charge in [-0.05, 0) is 57.7 Å². The number of piperidine rings is 1. The number of carbonyl (C=O) groups excluding carboxylic acids is 2. The quantitative estimate of drug-likeness (QED) is 0.333. The molecule has 1 aromatic rings. The van der Waals surface area contributed by atoms with Gasteiger partial charge in [0.05, 0.1) is 5.60 Å². The summed E-state index contributed by atoms with van der Waals surface area (Å²) in [4.78, 5) is 26.4. The van der Waals surface area contributed by atoms with Crippen LogP contribution in [0.4, 0.5) is 0 Å². The number of hydrogen-bond donors (Lipinski definition) is 3. The fourth-order valence-electron chi connectivity index (χ4n) is 3.62. The first-order valence-electron chi connectivity index (χ1n) is 12.2. The number of benzene rings is 1. The van der Waals surface area contributed by atoms with Crippen molar-refractivity contribution in [3.8, 4) is 0 Å². The van der Waals surface area contributed by atoms with E-state index in [1.807, 2.05) is 44.7 Å². The molecule has 0 aliphatic carbocycles. The minimum Gasteiger partial charge on any atom is -0.491 e. The van der Waals surface area contributed by atoms with Gasteiger partial charge in [-0.1, -0.05) is 23.7 Å². The molecule has 0 spiro atoms. The van der Waals surface area contributed by atoms with Gasteiger partial charge in [0.15, 0.2) is 0 Å². The minimum atomic E-state index is -0.601. The molecule has 2 heterocycles. The van der Waals surface area contributed by atoms with Crippen LogP contribution in [0.3, 0.4) is 0 Å². The van der Waals surface area contributed by atoms with E-state index in [1.54, 1.807) is 38.8 Å². The van der Waals surface area contributed by atoms with Gasteiger partial charge in [-0.2, -0.15) is 12.6 Å². The Balaban J connectivity index is 1.69.